The van der Waals surface area contributed by atoms with Crippen LogP contribution in [0.4, 0.5) is 4.39 Å². The highest BCUT2D eigenvalue weighted by Gasteiger charge is 2.18. The molecule has 0 aromatic heterocycles. The summed E-state index contributed by atoms with van der Waals surface area (Å²) in [4.78, 5) is 0. The van der Waals surface area contributed by atoms with Crippen molar-refractivity contribution in [2.45, 2.75) is 13.0 Å². The van der Waals surface area contributed by atoms with Crippen molar-refractivity contribution in [1.29, 1.82) is 0 Å². The molecule has 1 atom stereocenters. The number of hydrogen-bond acceptors (Lipinski definition) is 1. The average molecular weight is 298 g/mol. The lowest BCUT2D eigenvalue weighted by molar-refractivity contribution is 0.576. The number of halogens is 3. The summed E-state index contributed by atoms with van der Waals surface area (Å²) in [5, 5.41) is 4.09. The van der Waals surface area contributed by atoms with E-state index in [9.17, 15) is 4.39 Å². The van der Waals surface area contributed by atoms with Gasteiger partial charge in [-0.1, -0.05) is 41.4 Å². The van der Waals surface area contributed by atoms with Crippen molar-refractivity contribution in [1.82, 2.24) is 5.32 Å². The van der Waals surface area contributed by atoms with Crippen molar-refractivity contribution >= 4 is 23.2 Å². The van der Waals surface area contributed by atoms with Crippen molar-refractivity contribution in [3.05, 3.63) is 69.0 Å². The Morgan fingerprint density at radius 2 is 1.74 bits per heavy atom. The van der Waals surface area contributed by atoms with E-state index >= 15 is 0 Å². The summed E-state index contributed by atoms with van der Waals surface area (Å²) in [5.41, 5.74) is 2.44. The highest BCUT2D eigenvalue weighted by atomic mass is 35.5. The summed E-state index contributed by atoms with van der Waals surface area (Å²) in [7, 11) is 1.77. The van der Waals surface area contributed by atoms with E-state index in [1.54, 1.807) is 19.2 Å². The van der Waals surface area contributed by atoms with Gasteiger partial charge in [0.1, 0.15) is 5.82 Å². The third kappa shape index (κ3) is 3.08. The van der Waals surface area contributed by atoms with Crippen LogP contribution in [0.2, 0.25) is 10.0 Å². The van der Waals surface area contributed by atoms with Crippen molar-refractivity contribution in [3.8, 4) is 0 Å². The number of aryl methyl sites for hydroxylation is 1. The van der Waals surface area contributed by atoms with E-state index in [2.05, 4.69) is 5.32 Å². The van der Waals surface area contributed by atoms with Crippen LogP contribution in [0.25, 0.3) is 0 Å². The quantitative estimate of drug-likeness (QED) is 0.862. The lowest BCUT2D eigenvalue weighted by atomic mass is 9.97. The van der Waals surface area contributed by atoms with Gasteiger partial charge in [-0.15, -0.1) is 0 Å². The van der Waals surface area contributed by atoms with Crippen molar-refractivity contribution in [3.63, 3.8) is 0 Å². The highest BCUT2D eigenvalue weighted by molar-refractivity contribution is 6.31. The monoisotopic (exact) mass is 297 g/mol. The minimum absolute atomic E-state index is 0.301. The zero-order valence-corrected chi connectivity index (χ0v) is 12.2. The fourth-order valence-electron chi connectivity index (χ4n) is 2.08. The average Bonchev–Trinajstić information content (AvgIpc) is 2.34. The van der Waals surface area contributed by atoms with Crippen LogP contribution in [0.5, 0.6) is 0 Å². The summed E-state index contributed by atoms with van der Waals surface area (Å²) in [6.07, 6.45) is 0. The second-order valence-corrected chi connectivity index (χ2v) is 5.26. The Morgan fingerprint density at radius 3 is 2.32 bits per heavy atom. The molecule has 2 aromatic carbocycles. The van der Waals surface area contributed by atoms with Gasteiger partial charge in [-0.05, 0) is 43.3 Å². The molecule has 19 heavy (non-hydrogen) atoms. The van der Waals surface area contributed by atoms with Crippen LogP contribution < -0.4 is 5.32 Å². The molecule has 1 unspecified atom stereocenters. The first kappa shape index (κ1) is 14.3. The van der Waals surface area contributed by atoms with Crippen LogP contribution in [-0.4, -0.2) is 7.05 Å². The highest BCUT2D eigenvalue weighted by Crippen LogP contribution is 2.31. The van der Waals surface area contributed by atoms with Crippen LogP contribution in [-0.2, 0) is 0 Å². The molecule has 0 bridgehead atoms. The Hall–Kier alpha value is -1.09. The molecule has 0 fully saturated rings. The van der Waals surface area contributed by atoms with Gasteiger partial charge in [0.25, 0.3) is 0 Å². The second-order valence-electron chi connectivity index (χ2n) is 4.41. The van der Waals surface area contributed by atoms with Crippen LogP contribution >= 0.6 is 23.2 Å². The van der Waals surface area contributed by atoms with Gasteiger partial charge in [0.15, 0.2) is 0 Å². The Bertz CT molecular complexity index is 547. The van der Waals surface area contributed by atoms with Crippen LogP contribution in [0.3, 0.4) is 0 Å². The number of nitrogens with one attached hydrogen (secondary N) is 1. The van der Waals surface area contributed by atoms with E-state index in [0.717, 1.165) is 11.1 Å². The Morgan fingerprint density at radius 1 is 1.05 bits per heavy atom. The molecule has 0 saturated heterocycles. The van der Waals surface area contributed by atoms with E-state index in [1.807, 2.05) is 25.1 Å². The maximum absolute atomic E-state index is 14.0. The first-order valence-corrected chi connectivity index (χ1v) is 6.66. The molecule has 0 aliphatic heterocycles. The minimum Gasteiger partial charge on any atom is -0.309 e. The van der Waals surface area contributed by atoms with Gasteiger partial charge in [0, 0.05) is 15.6 Å². The maximum Gasteiger partial charge on any atom is 0.129 e. The molecule has 0 heterocycles. The molecule has 0 saturated carbocycles. The normalized spacial score (nSPS) is 12.5. The zero-order chi connectivity index (χ0) is 14.0. The van der Waals surface area contributed by atoms with Gasteiger partial charge in [-0.25, -0.2) is 4.39 Å². The van der Waals surface area contributed by atoms with Gasteiger partial charge < -0.3 is 5.32 Å². The van der Waals surface area contributed by atoms with Crippen LogP contribution in [0, 0.1) is 12.7 Å². The van der Waals surface area contributed by atoms with Crippen LogP contribution in [0.1, 0.15) is 22.7 Å². The van der Waals surface area contributed by atoms with Gasteiger partial charge in [0.05, 0.1) is 6.04 Å². The lowest BCUT2D eigenvalue weighted by Gasteiger charge is -2.19. The van der Waals surface area contributed by atoms with Crippen molar-refractivity contribution < 1.29 is 4.39 Å². The van der Waals surface area contributed by atoms with Gasteiger partial charge in [-0.3, -0.25) is 0 Å². The number of rotatable bonds is 3. The van der Waals surface area contributed by atoms with Gasteiger partial charge >= 0.3 is 0 Å². The zero-order valence-electron chi connectivity index (χ0n) is 10.7. The summed E-state index contributed by atoms with van der Waals surface area (Å²) in [6.45, 7) is 1.97. The molecule has 2 rings (SSSR count). The SMILES string of the molecule is CNC(c1ccc(Cl)cc1F)c1ccc(C)cc1Cl. The largest absolute Gasteiger partial charge is 0.309 e. The molecular formula is C15H14Cl2FN. The molecule has 0 spiro atoms. The Labute approximate surface area is 122 Å². The van der Waals surface area contributed by atoms with E-state index in [4.69, 9.17) is 23.2 Å². The molecule has 1 N–H and O–H groups in total. The smallest absolute Gasteiger partial charge is 0.129 e. The minimum atomic E-state index is -0.344. The van der Waals surface area contributed by atoms with Crippen LogP contribution in [0.15, 0.2) is 36.4 Å². The Kier molecular flexibility index (Phi) is 4.46. The summed E-state index contributed by atoms with van der Waals surface area (Å²) in [6, 6.07) is 10.1. The third-order valence-corrected chi connectivity index (χ3v) is 3.59. The topological polar surface area (TPSA) is 12.0 Å². The molecule has 1 nitrogen and oxygen atoms in total. The van der Waals surface area contributed by atoms with Gasteiger partial charge in [0.2, 0.25) is 0 Å². The summed E-state index contributed by atoms with van der Waals surface area (Å²) in [5.74, 6) is -0.344. The predicted molar refractivity (Wildman–Crippen MR) is 78.5 cm³/mol. The standard InChI is InChI=1S/C15H14Cl2FN/c1-9-3-5-11(13(17)7-9)15(19-2)12-6-4-10(16)8-14(12)18/h3-8,15,19H,1-2H3. The summed E-state index contributed by atoms with van der Waals surface area (Å²) < 4.78 is 14.0. The fourth-order valence-corrected chi connectivity index (χ4v) is 2.58. The Balaban J connectivity index is 2.50. The predicted octanol–water partition coefficient (Wildman–Crippen LogP) is 4.75. The van der Waals surface area contributed by atoms with E-state index < -0.39 is 0 Å². The van der Waals surface area contributed by atoms with E-state index in [-0.39, 0.29) is 11.9 Å². The van der Waals surface area contributed by atoms with Crippen molar-refractivity contribution in [2.75, 3.05) is 7.05 Å². The first-order valence-electron chi connectivity index (χ1n) is 5.91. The molecule has 0 aliphatic rings. The molecule has 2 aromatic rings. The molecule has 4 heteroatoms. The fraction of sp³-hybridized carbons (Fsp3) is 0.200. The van der Waals surface area contributed by atoms with Crippen molar-refractivity contribution in [2.24, 2.45) is 0 Å². The molecule has 0 amide bonds. The lowest BCUT2D eigenvalue weighted by Crippen LogP contribution is -2.19. The number of hydrogen-bond donors (Lipinski definition) is 1. The molecule has 0 aliphatic carbocycles. The number of benzene rings is 2. The van der Waals surface area contributed by atoms with Gasteiger partial charge in [-0.2, -0.15) is 0 Å². The molecular weight excluding hydrogens is 284 g/mol. The first-order chi connectivity index (χ1) is 9.02. The van der Waals surface area contributed by atoms with E-state index in [0.29, 0.717) is 15.6 Å². The molecule has 100 valence electrons. The maximum atomic E-state index is 14.0. The van der Waals surface area contributed by atoms with E-state index in [1.165, 1.54) is 6.07 Å². The summed E-state index contributed by atoms with van der Waals surface area (Å²) >= 11 is 12.0. The second kappa shape index (κ2) is 5.91. The third-order valence-electron chi connectivity index (χ3n) is 3.03. The molecule has 0 radical (unpaired) electrons.